The summed E-state index contributed by atoms with van der Waals surface area (Å²) in [6.45, 7) is 4.94. The van der Waals surface area contributed by atoms with Crippen molar-refractivity contribution >= 4 is 0 Å². The number of hydrogen-bond donors (Lipinski definition) is 1. The fourth-order valence-electron chi connectivity index (χ4n) is 2.15. The SMILES string of the molecule is CCCNC(CCC(F)(F)F)C(C)C1CC1. The minimum absolute atomic E-state index is 0.0362. The van der Waals surface area contributed by atoms with Crippen molar-refractivity contribution in [3.05, 3.63) is 0 Å². The first-order chi connectivity index (χ1) is 7.44. The molecular weight excluding hydrogens is 215 g/mol. The maximum Gasteiger partial charge on any atom is 0.389 e. The van der Waals surface area contributed by atoms with Crippen LogP contribution in [0.15, 0.2) is 0 Å². The second-order valence-corrected chi connectivity index (χ2v) is 4.91. The van der Waals surface area contributed by atoms with E-state index in [2.05, 4.69) is 12.2 Å². The molecule has 0 aliphatic heterocycles. The topological polar surface area (TPSA) is 12.0 Å². The number of rotatable bonds is 7. The van der Waals surface area contributed by atoms with E-state index in [1.54, 1.807) is 0 Å². The van der Waals surface area contributed by atoms with Crippen molar-refractivity contribution in [2.24, 2.45) is 11.8 Å². The first kappa shape index (κ1) is 13.8. The van der Waals surface area contributed by atoms with Gasteiger partial charge in [0.1, 0.15) is 0 Å². The van der Waals surface area contributed by atoms with Crippen molar-refractivity contribution in [3.63, 3.8) is 0 Å². The molecule has 1 saturated carbocycles. The van der Waals surface area contributed by atoms with Gasteiger partial charge in [0.2, 0.25) is 0 Å². The maximum absolute atomic E-state index is 12.2. The Morgan fingerprint density at radius 3 is 2.38 bits per heavy atom. The Kier molecular flexibility index (Phi) is 5.09. The molecule has 1 N–H and O–H groups in total. The molecule has 0 amide bonds. The number of halogens is 3. The fraction of sp³-hybridized carbons (Fsp3) is 1.00. The molecule has 1 aliphatic rings. The van der Waals surface area contributed by atoms with Crippen LogP contribution in [0, 0.1) is 11.8 Å². The Hall–Kier alpha value is -0.250. The van der Waals surface area contributed by atoms with Gasteiger partial charge in [-0.2, -0.15) is 13.2 Å². The highest BCUT2D eigenvalue weighted by Crippen LogP contribution is 2.39. The van der Waals surface area contributed by atoms with Gasteiger partial charge in [0.05, 0.1) is 0 Å². The minimum Gasteiger partial charge on any atom is -0.314 e. The summed E-state index contributed by atoms with van der Waals surface area (Å²) < 4.78 is 36.6. The molecule has 96 valence electrons. The molecule has 0 radical (unpaired) electrons. The summed E-state index contributed by atoms with van der Waals surface area (Å²) in [5.74, 6) is 1.04. The zero-order valence-corrected chi connectivity index (χ0v) is 10.1. The van der Waals surface area contributed by atoms with Crippen molar-refractivity contribution in [1.29, 1.82) is 0 Å². The zero-order chi connectivity index (χ0) is 12.2. The molecule has 2 unspecified atom stereocenters. The Morgan fingerprint density at radius 2 is 1.94 bits per heavy atom. The summed E-state index contributed by atoms with van der Waals surface area (Å²) in [4.78, 5) is 0. The third kappa shape index (κ3) is 5.19. The summed E-state index contributed by atoms with van der Waals surface area (Å²) in [6.07, 6.45) is -1.10. The lowest BCUT2D eigenvalue weighted by Crippen LogP contribution is -2.37. The first-order valence-corrected chi connectivity index (χ1v) is 6.24. The molecule has 0 aromatic rings. The van der Waals surface area contributed by atoms with E-state index < -0.39 is 12.6 Å². The highest BCUT2D eigenvalue weighted by Gasteiger charge is 2.35. The van der Waals surface area contributed by atoms with Gasteiger partial charge >= 0.3 is 6.18 Å². The fourth-order valence-corrected chi connectivity index (χ4v) is 2.15. The predicted molar refractivity (Wildman–Crippen MR) is 59.3 cm³/mol. The van der Waals surface area contributed by atoms with Crippen LogP contribution in [-0.4, -0.2) is 18.8 Å². The molecule has 0 aromatic carbocycles. The standard InChI is InChI=1S/C12H22F3N/c1-3-8-16-11(6-7-12(13,14)15)9(2)10-4-5-10/h9-11,16H,3-8H2,1-2H3. The summed E-state index contributed by atoms with van der Waals surface area (Å²) in [5.41, 5.74) is 0. The van der Waals surface area contributed by atoms with Gasteiger partial charge in [0.15, 0.2) is 0 Å². The highest BCUT2D eigenvalue weighted by atomic mass is 19.4. The van der Waals surface area contributed by atoms with E-state index in [0.29, 0.717) is 11.8 Å². The lowest BCUT2D eigenvalue weighted by Gasteiger charge is -2.25. The van der Waals surface area contributed by atoms with E-state index in [1.807, 2.05) is 6.92 Å². The van der Waals surface area contributed by atoms with Crippen LogP contribution in [0.3, 0.4) is 0 Å². The summed E-state index contributed by atoms with van der Waals surface area (Å²) in [5, 5.41) is 3.26. The Morgan fingerprint density at radius 1 is 1.31 bits per heavy atom. The Bertz CT molecular complexity index is 199. The van der Waals surface area contributed by atoms with Gasteiger partial charge in [-0.15, -0.1) is 0 Å². The normalized spacial score (nSPS) is 20.8. The molecule has 1 nitrogen and oxygen atoms in total. The largest absolute Gasteiger partial charge is 0.389 e. The Balaban J connectivity index is 2.36. The van der Waals surface area contributed by atoms with Gasteiger partial charge in [-0.3, -0.25) is 0 Å². The molecular formula is C12H22F3N. The summed E-state index contributed by atoms with van der Waals surface area (Å²) in [6, 6.07) is 0.0362. The molecule has 0 spiro atoms. The third-order valence-electron chi connectivity index (χ3n) is 3.40. The van der Waals surface area contributed by atoms with Crippen molar-refractivity contribution in [2.75, 3.05) is 6.54 Å². The molecule has 4 heteroatoms. The van der Waals surface area contributed by atoms with Crippen LogP contribution < -0.4 is 5.32 Å². The third-order valence-corrected chi connectivity index (χ3v) is 3.40. The van der Waals surface area contributed by atoms with E-state index in [4.69, 9.17) is 0 Å². The second-order valence-electron chi connectivity index (χ2n) is 4.91. The molecule has 0 saturated heterocycles. The van der Waals surface area contributed by atoms with Crippen LogP contribution >= 0.6 is 0 Å². The van der Waals surface area contributed by atoms with Crippen molar-refractivity contribution in [2.45, 2.75) is 58.2 Å². The van der Waals surface area contributed by atoms with Gasteiger partial charge < -0.3 is 5.32 Å². The van der Waals surface area contributed by atoms with E-state index in [-0.39, 0.29) is 12.5 Å². The molecule has 1 aliphatic carbocycles. The second kappa shape index (κ2) is 5.89. The van der Waals surface area contributed by atoms with E-state index in [0.717, 1.165) is 13.0 Å². The van der Waals surface area contributed by atoms with Crippen LogP contribution in [0.5, 0.6) is 0 Å². The Labute approximate surface area is 95.8 Å². The van der Waals surface area contributed by atoms with Crippen molar-refractivity contribution in [1.82, 2.24) is 5.32 Å². The summed E-state index contributed by atoms with van der Waals surface area (Å²) >= 11 is 0. The summed E-state index contributed by atoms with van der Waals surface area (Å²) in [7, 11) is 0. The van der Waals surface area contributed by atoms with Crippen LogP contribution in [0.25, 0.3) is 0 Å². The maximum atomic E-state index is 12.2. The minimum atomic E-state index is -4.02. The molecule has 16 heavy (non-hydrogen) atoms. The van der Waals surface area contributed by atoms with Gasteiger partial charge in [-0.1, -0.05) is 13.8 Å². The van der Waals surface area contributed by atoms with Gasteiger partial charge in [-0.25, -0.2) is 0 Å². The predicted octanol–water partition coefficient (Wildman–Crippen LogP) is 3.74. The quantitative estimate of drug-likeness (QED) is 0.711. The van der Waals surface area contributed by atoms with Crippen LogP contribution in [-0.2, 0) is 0 Å². The average Bonchev–Trinajstić information content (AvgIpc) is 2.98. The van der Waals surface area contributed by atoms with Crippen LogP contribution in [0.2, 0.25) is 0 Å². The lowest BCUT2D eigenvalue weighted by molar-refractivity contribution is -0.137. The zero-order valence-electron chi connectivity index (χ0n) is 10.1. The van der Waals surface area contributed by atoms with Gasteiger partial charge in [0.25, 0.3) is 0 Å². The van der Waals surface area contributed by atoms with E-state index >= 15 is 0 Å². The van der Waals surface area contributed by atoms with Crippen molar-refractivity contribution in [3.8, 4) is 0 Å². The molecule has 0 bridgehead atoms. The van der Waals surface area contributed by atoms with E-state index in [9.17, 15) is 13.2 Å². The monoisotopic (exact) mass is 237 g/mol. The molecule has 0 aromatic heterocycles. The number of hydrogen-bond acceptors (Lipinski definition) is 1. The van der Waals surface area contributed by atoms with Gasteiger partial charge in [0, 0.05) is 12.5 Å². The highest BCUT2D eigenvalue weighted by molar-refractivity contribution is 4.86. The van der Waals surface area contributed by atoms with Crippen molar-refractivity contribution < 1.29 is 13.2 Å². The average molecular weight is 237 g/mol. The first-order valence-electron chi connectivity index (χ1n) is 6.24. The van der Waals surface area contributed by atoms with Crippen LogP contribution in [0.4, 0.5) is 13.2 Å². The molecule has 1 fully saturated rings. The number of nitrogens with one attached hydrogen (secondary N) is 1. The van der Waals surface area contributed by atoms with Crippen LogP contribution in [0.1, 0.15) is 46.0 Å². The molecule has 2 atom stereocenters. The number of alkyl halides is 3. The van der Waals surface area contributed by atoms with Gasteiger partial charge in [-0.05, 0) is 44.1 Å². The molecule has 0 heterocycles. The smallest absolute Gasteiger partial charge is 0.314 e. The lowest BCUT2D eigenvalue weighted by atomic mass is 9.92. The van der Waals surface area contributed by atoms with E-state index in [1.165, 1.54) is 12.8 Å². The molecule has 1 rings (SSSR count).